The summed E-state index contributed by atoms with van der Waals surface area (Å²) in [5.41, 5.74) is 2.04. The lowest BCUT2D eigenvalue weighted by Crippen LogP contribution is -2.41. The number of ether oxygens (including phenoxy) is 2. The Morgan fingerprint density at radius 2 is 1.18 bits per heavy atom. The number of hydrogen-bond donors (Lipinski definition) is 0. The molecule has 0 aliphatic carbocycles. The zero-order chi connectivity index (χ0) is 33.0. The highest BCUT2D eigenvalue weighted by molar-refractivity contribution is 9.10. The van der Waals surface area contributed by atoms with E-state index in [4.69, 9.17) is 18.8 Å². The van der Waals surface area contributed by atoms with E-state index in [-0.39, 0.29) is 0 Å². The lowest BCUT2D eigenvalue weighted by molar-refractivity contribution is 0.00578. The second kappa shape index (κ2) is 11.6. The highest BCUT2D eigenvalue weighted by Crippen LogP contribution is 2.36. The maximum atomic E-state index is 12.5. The fraction of sp³-hybridized carbons (Fsp3) is 0.500. The number of carbonyl (C=O) groups is 2. The highest BCUT2D eigenvalue weighted by atomic mass is 79.9. The number of carbonyl (C=O) groups excluding carboxylic acids is 2. The van der Waals surface area contributed by atoms with Crippen LogP contribution in [0.25, 0.3) is 22.1 Å². The summed E-state index contributed by atoms with van der Waals surface area (Å²) >= 11 is 3.37. The molecule has 0 amide bonds. The van der Waals surface area contributed by atoms with Crippen molar-refractivity contribution in [3.05, 3.63) is 52.5 Å². The molecule has 0 atom stereocenters. The van der Waals surface area contributed by atoms with Crippen LogP contribution in [0.4, 0.5) is 9.59 Å². The SMILES string of the molecule is Cc1cn(C(=O)OC(C)(C)C)c2ncc(B3OC(C)(C)C(C)(C)O3)cc12.Cc1cn(C(=O)OC(C)(C)C)c2ncc(Br)cc12. The van der Waals surface area contributed by atoms with Crippen molar-refractivity contribution in [3.8, 4) is 0 Å². The number of aryl methyl sites for hydroxylation is 2. The molecule has 5 heterocycles. The first-order valence-corrected chi connectivity index (χ1v) is 15.3. The Morgan fingerprint density at radius 1 is 0.773 bits per heavy atom. The normalized spacial score (nSPS) is 16.2. The lowest BCUT2D eigenvalue weighted by Gasteiger charge is -2.32. The van der Waals surface area contributed by atoms with E-state index in [1.165, 1.54) is 9.13 Å². The van der Waals surface area contributed by atoms with Gasteiger partial charge < -0.3 is 18.8 Å². The molecule has 1 aliphatic rings. The van der Waals surface area contributed by atoms with E-state index in [2.05, 4.69) is 25.9 Å². The van der Waals surface area contributed by atoms with E-state index in [1.54, 1.807) is 24.8 Å². The van der Waals surface area contributed by atoms with Crippen LogP contribution in [0.3, 0.4) is 0 Å². The molecule has 1 aliphatic heterocycles. The van der Waals surface area contributed by atoms with Crippen LogP contribution in [-0.2, 0) is 18.8 Å². The summed E-state index contributed by atoms with van der Waals surface area (Å²) in [5, 5.41) is 1.82. The van der Waals surface area contributed by atoms with Crippen LogP contribution in [0.1, 0.15) is 80.4 Å². The van der Waals surface area contributed by atoms with Gasteiger partial charge in [-0.2, -0.15) is 0 Å². The Hall–Kier alpha value is -3.22. The number of halogens is 1. The van der Waals surface area contributed by atoms with E-state index >= 15 is 0 Å². The second-order valence-electron chi connectivity index (χ2n) is 14.1. The predicted octanol–water partition coefficient (Wildman–Crippen LogP) is 7.32. The van der Waals surface area contributed by atoms with E-state index in [0.29, 0.717) is 11.3 Å². The van der Waals surface area contributed by atoms with Crippen molar-refractivity contribution >= 4 is 62.8 Å². The van der Waals surface area contributed by atoms with E-state index in [0.717, 1.165) is 31.8 Å². The van der Waals surface area contributed by atoms with E-state index < -0.39 is 41.7 Å². The lowest BCUT2D eigenvalue weighted by atomic mass is 9.80. The zero-order valence-electron chi connectivity index (χ0n) is 27.7. The maximum absolute atomic E-state index is 12.5. The Balaban J connectivity index is 0.000000215. The molecule has 0 saturated carbocycles. The Kier molecular flexibility index (Phi) is 8.89. The zero-order valence-corrected chi connectivity index (χ0v) is 29.2. The molecular formula is C32H42BBrN4O6. The van der Waals surface area contributed by atoms with Gasteiger partial charge in [-0.25, -0.2) is 28.7 Å². The molecule has 44 heavy (non-hydrogen) atoms. The van der Waals surface area contributed by atoms with Crippen molar-refractivity contribution in [1.82, 2.24) is 19.1 Å². The molecule has 5 rings (SSSR count). The average Bonchev–Trinajstić information content (AvgIpc) is 3.45. The van der Waals surface area contributed by atoms with Crippen molar-refractivity contribution in [1.29, 1.82) is 0 Å². The minimum atomic E-state index is -0.565. The smallest absolute Gasteiger partial charge is 0.443 e. The number of rotatable bonds is 1. The molecule has 4 aromatic heterocycles. The van der Waals surface area contributed by atoms with Gasteiger partial charge in [-0.1, -0.05) is 0 Å². The van der Waals surface area contributed by atoms with Crippen LogP contribution in [0, 0.1) is 13.8 Å². The third kappa shape index (κ3) is 7.19. The van der Waals surface area contributed by atoms with Crippen LogP contribution < -0.4 is 5.46 Å². The molecule has 1 fully saturated rings. The average molecular weight is 669 g/mol. The Morgan fingerprint density at radius 3 is 1.61 bits per heavy atom. The molecule has 0 aromatic carbocycles. The second-order valence-corrected chi connectivity index (χ2v) is 15.0. The molecule has 4 aromatic rings. The first kappa shape index (κ1) is 33.7. The molecule has 236 valence electrons. The molecular weight excluding hydrogens is 627 g/mol. The minimum Gasteiger partial charge on any atom is -0.443 e. The molecule has 12 heteroatoms. The summed E-state index contributed by atoms with van der Waals surface area (Å²) in [4.78, 5) is 33.3. The number of hydrogen-bond acceptors (Lipinski definition) is 8. The third-order valence-electron chi connectivity index (χ3n) is 7.38. The molecule has 0 unspecified atom stereocenters. The van der Waals surface area contributed by atoms with Gasteiger partial charge in [0.1, 0.15) is 22.5 Å². The predicted molar refractivity (Wildman–Crippen MR) is 176 cm³/mol. The third-order valence-corrected chi connectivity index (χ3v) is 7.81. The van der Waals surface area contributed by atoms with Crippen LogP contribution >= 0.6 is 15.9 Å². The summed E-state index contributed by atoms with van der Waals surface area (Å²) in [6, 6.07) is 3.92. The van der Waals surface area contributed by atoms with E-state index in [1.807, 2.05) is 95.2 Å². The summed E-state index contributed by atoms with van der Waals surface area (Å²) in [6.45, 7) is 23.0. The summed E-state index contributed by atoms with van der Waals surface area (Å²) < 4.78 is 26.8. The van der Waals surface area contributed by atoms with Crippen LogP contribution in [0.15, 0.2) is 41.4 Å². The minimum absolute atomic E-state index is 0.407. The summed E-state index contributed by atoms with van der Waals surface area (Å²) in [7, 11) is -0.485. The van der Waals surface area contributed by atoms with Crippen LogP contribution in [0.2, 0.25) is 0 Å². The highest BCUT2D eigenvalue weighted by Gasteiger charge is 2.52. The Bertz CT molecular complexity index is 1710. The molecule has 0 radical (unpaired) electrons. The van der Waals surface area contributed by atoms with Crippen molar-refractivity contribution in [3.63, 3.8) is 0 Å². The number of pyridine rings is 2. The van der Waals surface area contributed by atoms with Gasteiger partial charge in [-0.3, -0.25) is 0 Å². The van der Waals surface area contributed by atoms with Crippen LogP contribution in [-0.4, -0.2) is 60.8 Å². The van der Waals surface area contributed by atoms with Gasteiger partial charge in [0.05, 0.1) is 11.2 Å². The largest absolute Gasteiger partial charge is 0.496 e. The van der Waals surface area contributed by atoms with Gasteiger partial charge in [0, 0.05) is 45.5 Å². The number of nitrogens with zero attached hydrogens (tertiary/aromatic N) is 4. The van der Waals surface area contributed by atoms with Gasteiger partial charge in [-0.15, -0.1) is 0 Å². The number of fused-ring (bicyclic) bond motifs is 2. The standard InChI is InChI=1S/C19H27BN2O4.C13H15BrN2O2/c1-12-11-22(16(23)24-17(2,3)4)15-14(12)9-13(10-21-15)20-25-18(5,6)19(7,8)26-20;1-8-7-16(12(17)18-13(2,3)4)11-10(8)5-9(14)6-15-11/h9-11H,1-8H3;5-7H,1-4H3. The molecule has 10 nitrogen and oxygen atoms in total. The fourth-order valence-electron chi connectivity index (χ4n) is 4.53. The van der Waals surface area contributed by atoms with Gasteiger partial charge in [0.15, 0.2) is 0 Å². The first-order chi connectivity index (χ1) is 20.1. The Labute approximate surface area is 267 Å². The molecule has 1 saturated heterocycles. The van der Waals surface area contributed by atoms with Crippen molar-refractivity contribution < 1.29 is 28.4 Å². The monoisotopic (exact) mass is 668 g/mol. The van der Waals surface area contributed by atoms with Crippen molar-refractivity contribution in [2.75, 3.05) is 0 Å². The van der Waals surface area contributed by atoms with E-state index in [9.17, 15) is 9.59 Å². The molecule has 0 spiro atoms. The topological polar surface area (TPSA) is 107 Å². The van der Waals surface area contributed by atoms with Crippen LogP contribution in [0.5, 0.6) is 0 Å². The molecule has 0 N–H and O–H groups in total. The number of aromatic nitrogens is 4. The van der Waals surface area contributed by atoms with Gasteiger partial charge in [0.25, 0.3) is 0 Å². The summed E-state index contributed by atoms with van der Waals surface area (Å²) in [6.07, 6.45) is 6.02. The van der Waals surface area contributed by atoms with Gasteiger partial charge >= 0.3 is 19.3 Å². The van der Waals surface area contributed by atoms with Gasteiger partial charge in [-0.05, 0) is 122 Å². The maximum Gasteiger partial charge on any atom is 0.496 e. The van der Waals surface area contributed by atoms with Crippen molar-refractivity contribution in [2.45, 2.75) is 105 Å². The quantitative estimate of drug-likeness (QED) is 0.194. The fourth-order valence-corrected chi connectivity index (χ4v) is 4.86. The van der Waals surface area contributed by atoms with Crippen molar-refractivity contribution in [2.24, 2.45) is 0 Å². The van der Waals surface area contributed by atoms with Gasteiger partial charge in [0.2, 0.25) is 0 Å². The summed E-state index contributed by atoms with van der Waals surface area (Å²) in [5.74, 6) is 0. The molecule has 0 bridgehead atoms. The first-order valence-electron chi connectivity index (χ1n) is 14.5.